The van der Waals surface area contributed by atoms with Crippen molar-refractivity contribution in [1.29, 1.82) is 0 Å². The summed E-state index contributed by atoms with van der Waals surface area (Å²) in [4.78, 5) is 12.5. The van der Waals surface area contributed by atoms with Gasteiger partial charge in [-0.05, 0) is 0 Å². The summed E-state index contributed by atoms with van der Waals surface area (Å²) < 4.78 is 0. The summed E-state index contributed by atoms with van der Waals surface area (Å²) in [6.45, 7) is 0. The van der Waals surface area contributed by atoms with E-state index in [2.05, 4.69) is 25.9 Å². The summed E-state index contributed by atoms with van der Waals surface area (Å²) in [5, 5.41) is 17.2. The smallest absolute Gasteiger partial charge is 0.192 e. The van der Waals surface area contributed by atoms with Gasteiger partial charge in [0.2, 0.25) is 0 Å². The molecule has 2 unspecified atom stereocenters. The molecule has 2 atom stereocenters. The van der Waals surface area contributed by atoms with Gasteiger partial charge in [-0.25, -0.2) is 25.9 Å². The number of hydrogen-bond acceptors (Lipinski definition) is 9. The van der Waals surface area contributed by atoms with E-state index in [1.165, 1.54) is 0 Å². The van der Waals surface area contributed by atoms with E-state index in [9.17, 15) is 0 Å². The average molecular weight is 188 g/mol. The first-order valence-corrected chi connectivity index (χ1v) is 3.48. The molecule has 0 amide bonds. The van der Waals surface area contributed by atoms with Gasteiger partial charge in [0.25, 0.3) is 0 Å². The van der Waals surface area contributed by atoms with Crippen molar-refractivity contribution in [2.45, 2.75) is 12.3 Å². The number of nitrogens with one attached hydrogen (secondary N) is 4. The van der Waals surface area contributed by atoms with Gasteiger partial charge in [0, 0.05) is 0 Å². The van der Waals surface area contributed by atoms with Crippen LogP contribution in [0.2, 0.25) is 0 Å². The normalized spacial score (nSPS) is 31.8. The third kappa shape index (κ3) is 1.34. The summed E-state index contributed by atoms with van der Waals surface area (Å²) in [6.07, 6.45) is -0.849. The Labute approximate surface area is 72.3 Å². The van der Waals surface area contributed by atoms with Gasteiger partial charge in [0.05, 0.1) is 0 Å². The van der Waals surface area contributed by atoms with E-state index in [1.807, 2.05) is 0 Å². The number of aliphatic imine (C=N–C) groups is 2. The SMILES string of the molecule is ONC1=NC2NONC2N=C1NO. The molecule has 1 fully saturated rings. The molecule has 0 aliphatic carbocycles. The highest BCUT2D eigenvalue weighted by atomic mass is 16.8. The molecule has 72 valence electrons. The van der Waals surface area contributed by atoms with Crippen LogP contribution in [0.3, 0.4) is 0 Å². The molecule has 9 heteroatoms. The van der Waals surface area contributed by atoms with E-state index in [0.29, 0.717) is 0 Å². The molecule has 2 rings (SSSR count). The Hall–Kier alpha value is -1.26. The lowest BCUT2D eigenvalue weighted by molar-refractivity contribution is 0.0100. The third-order valence-corrected chi connectivity index (χ3v) is 1.63. The summed E-state index contributed by atoms with van der Waals surface area (Å²) in [6, 6.07) is 0. The lowest BCUT2D eigenvalue weighted by atomic mass is 10.3. The molecule has 0 aromatic heterocycles. The Morgan fingerprint density at radius 2 is 1.54 bits per heavy atom. The van der Waals surface area contributed by atoms with Crippen molar-refractivity contribution in [2.24, 2.45) is 9.98 Å². The van der Waals surface area contributed by atoms with Gasteiger partial charge in [-0.1, -0.05) is 0 Å². The Morgan fingerprint density at radius 3 is 1.92 bits per heavy atom. The monoisotopic (exact) mass is 188 g/mol. The number of amidine groups is 2. The molecule has 0 aromatic carbocycles. The van der Waals surface area contributed by atoms with E-state index in [-0.39, 0.29) is 11.7 Å². The first-order valence-electron chi connectivity index (χ1n) is 3.48. The van der Waals surface area contributed by atoms with Crippen LogP contribution in [0.15, 0.2) is 9.98 Å². The highest BCUT2D eigenvalue weighted by Gasteiger charge is 2.32. The Balaban J connectivity index is 2.22. The second-order valence-electron chi connectivity index (χ2n) is 2.41. The molecule has 0 bridgehead atoms. The van der Waals surface area contributed by atoms with Gasteiger partial charge >= 0.3 is 0 Å². The minimum absolute atomic E-state index is 0.0311. The van der Waals surface area contributed by atoms with Gasteiger partial charge in [-0.15, -0.1) is 0 Å². The fraction of sp³-hybridized carbons (Fsp3) is 0.500. The highest BCUT2D eigenvalue weighted by Crippen LogP contribution is 2.08. The quantitative estimate of drug-likeness (QED) is 0.231. The maximum atomic E-state index is 8.61. The molecule has 0 spiro atoms. The molecular formula is C4H8N6O3. The van der Waals surface area contributed by atoms with E-state index in [1.54, 1.807) is 11.0 Å². The molecule has 13 heavy (non-hydrogen) atoms. The largest absolute Gasteiger partial charge is 0.290 e. The summed E-state index contributed by atoms with van der Waals surface area (Å²) >= 11 is 0. The topological polar surface area (TPSA) is 123 Å². The fourth-order valence-electron chi connectivity index (χ4n) is 1.04. The van der Waals surface area contributed by atoms with Crippen LogP contribution in [0, 0.1) is 0 Å². The van der Waals surface area contributed by atoms with Crippen LogP contribution in [-0.4, -0.2) is 34.4 Å². The molecule has 1 saturated heterocycles. The van der Waals surface area contributed by atoms with Crippen LogP contribution >= 0.6 is 0 Å². The second kappa shape index (κ2) is 3.24. The highest BCUT2D eigenvalue weighted by molar-refractivity contribution is 6.40. The predicted molar refractivity (Wildman–Crippen MR) is 39.6 cm³/mol. The Kier molecular flexibility index (Phi) is 2.08. The van der Waals surface area contributed by atoms with Crippen molar-refractivity contribution < 1.29 is 15.4 Å². The zero-order chi connectivity index (χ0) is 9.26. The summed E-state index contributed by atoms with van der Waals surface area (Å²) in [7, 11) is 0. The van der Waals surface area contributed by atoms with E-state index in [0.717, 1.165) is 0 Å². The molecule has 0 saturated carbocycles. The second-order valence-corrected chi connectivity index (χ2v) is 2.41. The lowest BCUT2D eigenvalue weighted by Gasteiger charge is -2.18. The van der Waals surface area contributed by atoms with Crippen molar-refractivity contribution in [3.8, 4) is 0 Å². The van der Waals surface area contributed by atoms with Crippen LogP contribution in [0.25, 0.3) is 0 Å². The minimum atomic E-state index is -0.424. The van der Waals surface area contributed by atoms with Crippen LogP contribution in [-0.2, 0) is 4.94 Å². The van der Waals surface area contributed by atoms with Gasteiger partial charge in [0.15, 0.2) is 24.0 Å². The number of hydroxylamine groups is 4. The molecule has 0 radical (unpaired) electrons. The average Bonchev–Trinajstić information content (AvgIpc) is 2.62. The van der Waals surface area contributed by atoms with Crippen molar-refractivity contribution in [3.63, 3.8) is 0 Å². The maximum absolute atomic E-state index is 8.61. The zero-order valence-corrected chi connectivity index (χ0v) is 6.35. The fourth-order valence-corrected chi connectivity index (χ4v) is 1.04. The minimum Gasteiger partial charge on any atom is -0.290 e. The first kappa shape index (κ1) is 8.34. The van der Waals surface area contributed by atoms with Gasteiger partial charge in [-0.3, -0.25) is 10.4 Å². The van der Waals surface area contributed by atoms with Crippen LogP contribution in [0.4, 0.5) is 0 Å². The maximum Gasteiger partial charge on any atom is 0.192 e. The van der Waals surface area contributed by atoms with Crippen LogP contribution in [0.1, 0.15) is 0 Å². The first-order chi connectivity index (χ1) is 6.35. The Bertz CT molecular complexity index is 239. The van der Waals surface area contributed by atoms with Gasteiger partial charge in [-0.2, -0.15) is 11.0 Å². The molecule has 6 N–H and O–H groups in total. The van der Waals surface area contributed by atoms with E-state index < -0.39 is 12.3 Å². The van der Waals surface area contributed by atoms with Gasteiger partial charge in [0.1, 0.15) is 0 Å². The van der Waals surface area contributed by atoms with Crippen LogP contribution < -0.4 is 21.9 Å². The molecule has 2 heterocycles. The van der Waals surface area contributed by atoms with Crippen molar-refractivity contribution in [2.75, 3.05) is 0 Å². The number of hydrogen-bond donors (Lipinski definition) is 6. The van der Waals surface area contributed by atoms with Gasteiger partial charge < -0.3 is 0 Å². The zero-order valence-electron chi connectivity index (χ0n) is 6.35. The Morgan fingerprint density at radius 1 is 1.08 bits per heavy atom. The number of rotatable bonds is 0. The van der Waals surface area contributed by atoms with Crippen molar-refractivity contribution >= 4 is 11.7 Å². The lowest BCUT2D eigenvalue weighted by Crippen LogP contribution is -2.46. The van der Waals surface area contributed by atoms with E-state index >= 15 is 0 Å². The predicted octanol–water partition coefficient (Wildman–Crippen LogP) is -2.55. The molecule has 2 aliphatic rings. The number of fused-ring (bicyclic) bond motifs is 1. The molecule has 2 aliphatic heterocycles. The van der Waals surface area contributed by atoms with E-state index in [4.69, 9.17) is 10.4 Å². The summed E-state index contributed by atoms with van der Waals surface area (Å²) in [5.41, 5.74) is 8.58. The molecular weight excluding hydrogens is 180 g/mol. The molecule has 9 nitrogen and oxygen atoms in total. The number of nitrogens with zero attached hydrogens (tertiary/aromatic N) is 2. The standard InChI is InChI=1S/C4H8N6O3/c11-7-1-2(8-12)6-4-3(5-1)9-13-10-4/h3-4,9-12H,(H,5,7)(H,6,8). The van der Waals surface area contributed by atoms with Crippen molar-refractivity contribution in [3.05, 3.63) is 0 Å². The summed E-state index contributed by atoms with van der Waals surface area (Å²) in [5.74, 6) is 0.0621. The van der Waals surface area contributed by atoms with Crippen molar-refractivity contribution in [1.82, 2.24) is 21.9 Å². The third-order valence-electron chi connectivity index (χ3n) is 1.63. The molecule has 0 aromatic rings. The van der Waals surface area contributed by atoms with Crippen LogP contribution in [0.5, 0.6) is 0 Å².